The number of methoxy groups -OCH3 is 1. The van der Waals surface area contributed by atoms with E-state index in [2.05, 4.69) is 0 Å². The van der Waals surface area contributed by atoms with E-state index in [1.165, 1.54) is 0 Å². The highest BCUT2D eigenvalue weighted by Crippen LogP contribution is 2.28. The lowest BCUT2D eigenvalue weighted by Crippen LogP contribution is -2.48. The lowest BCUT2D eigenvalue weighted by Gasteiger charge is -2.36. The largest absolute Gasteiger partial charge is 0.497 e. The van der Waals surface area contributed by atoms with E-state index in [1.54, 1.807) is 42.2 Å². The minimum Gasteiger partial charge on any atom is -0.497 e. The maximum absolute atomic E-state index is 14.3. The molecule has 4 atom stereocenters. The average molecular weight is 628 g/mol. The number of hydrogen-bond acceptors (Lipinski definition) is 8. The number of amides is 2. The van der Waals surface area contributed by atoms with Crippen molar-refractivity contribution in [2.75, 3.05) is 46.2 Å². The van der Waals surface area contributed by atoms with Gasteiger partial charge in [-0.05, 0) is 89.8 Å². The molecule has 0 saturated heterocycles. The summed E-state index contributed by atoms with van der Waals surface area (Å²) in [6.45, 7) is 13.5. The maximum atomic E-state index is 14.3. The monoisotopic (exact) mass is 627 g/mol. The molecule has 0 radical (unpaired) electrons. The summed E-state index contributed by atoms with van der Waals surface area (Å²) in [5.41, 5.74) is 7.46. The van der Waals surface area contributed by atoms with Crippen LogP contribution in [0.5, 0.6) is 11.5 Å². The van der Waals surface area contributed by atoms with Crippen molar-refractivity contribution in [3.05, 3.63) is 53.6 Å². The summed E-state index contributed by atoms with van der Waals surface area (Å²) in [4.78, 5) is 30.5. The predicted octanol–water partition coefficient (Wildman–Crippen LogP) is 6.16. The number of likely N-dealkylation sites (N-methyl/N-ethyl adjacent to an activating group) is 1. The van der Waals surface area contributed by atoms with E-state index in [9.17, 15) is 9.59 Å². The van der Waals surface area contributed by atoms with Crippen LogP contribution < -0.4 is 15.2 Å². The van der Waals surface area contributed by atoms with E-state index in [4.69, 9.17) is 29.4 Å². The van der Waals surface area contributed by atoms with Crippen molar-refractivity contribution >= 4 is 17.7 Å². The number of nitrogen functional groups attached to an aromatic ring is 1. The summed E-state index contributed by atoms with van der Waals surface area (Å²) in [6, 6.07) is 12.6. The van der Waals surface area contributed by atoms with Gasteiger partial charge in [-0.1, -0.05) is 19.1 Å². The topological polar surface area (TPSA) is 113 Å². The second-order valence-corrected chi connectivity index (χ2v) is 13.1. The molecule has 3 rings (SSSR count). The highest BCUT2D eigenvalue weighted by atomic mass is 16.6. The molecule has 45 heavy (non-hydrogen) atoms. The molecule has 2 amide bonds. The molecule has 0 aliphatic carbocycles. The Hall–Kier alpha value is -3.50. The van der Waals surface area contributed by atoms with Gasteiger partial charge in [0.2, 0.25) is 0 Å². The molecule has 1 aliphatic heterocycles. The molecule has 1 heterocycles. The van der Waals surface area contributed by atoms with Crippen molar-refractivity contribution in [3.63, 3.8) is 0 Å². The number of anilines is 1. The van der Waals surface area contributed by atoms with Gasteiger partial charge < -0.3 is 39.2 Å². The third-order valence-electron chi connectivity index (χ3n) is 7.76. The number of carbonyl (C=O) groups excluding carboxylic acids is 2. The van der Waals surface area contributed by atoms with E-state index in [0.717, 1.165) is 30.6 Å². The fourth-order valence-corrected chi connectivity index (χ4v) is 5.15. The summed E-state index contributed by atoms with van der Waals surface area (Å²) in [5, 5.41) is 0. The number of hydrogen-bond donors (Lipinski definition) is 1. The normalized spacial score (nSPS) is 20.8. The summed E-state index contributed by atoms with van der Waals surface area (Å²) in [5.74, 6) is 0.963. The van der Waals surface area contributed by atoms with E-state index in [-0.39, 0.29) is 30.1 Å². The molecular weight excluding hydrogens is 574 g/mol. The summed E-state index contributed by atoms with van der Waals surface area (Å²) < 4.78 is 29.6. The number of carbonyl (C=O) groups is 2. The summed E-state index contributed by atoms with van der Waals surface area (Å²) >= 11 is 0. The van der Waals surface area contributed by atoms with Crippen molar-refractivity contribution in [2.24, 2.45) is 5.92 Å². The van der Waals surface area contributed by atoms with Crippen LogP contribution in [0.2, 0.25) is 0 Å². The van der Waals surface area contributed by atoms with Gasteiger partial charge in [0.1, 0.15) is 17.1 Å². The van der Waals surface area contributed by atoms with Gasteiger partial charge in [0.25, 0.3) is 5.91 Å². The van der Waals surface area contributed by atoms with Gasteiger partial charge in [0.05, 0.1) is 50.7 Å². The first kappa shape index (κ1) is 36.0. The Morgan fingerprint density at radius 1 is 1.13 bits per heavy atom. The molecule has 2 aromatic rings. The molecular formula is C35H53N3O7. The fraction of sp³-hybridized carbons (Fsp3) is 0.600. The van der Waals surface area contributed by atoms with Crippen LogP contribution in [0.15, 0.2) is 42.5 Å². The van der Waals surface area contributed by atoms with E-state index >= 15 is 0 Å². The molecule has 10 nitrogen and oxygen atoms in total. The van der Waals surface area contributed by atoms with E-state index in [1.807, 2.05) is 65.8 Å². The van der Waals surface area contributed by atoms with Gasteiger partial charge in [-0.25, -0.2) is 4.79 Å². The molecule has 2 aromatic carbocycles. The van der Waals surface area contributed by atoms with Crippen LogP contribution in [-0.2, 0) is 20.8 Å². The van der Waals surface area contributed by atoms with Crippen LogP contribution in [0.3, 0.4) is 0 Å². The van der Waals surface area contributed by atoms with Crippen LogP contribution in [0.1, 0.15) is 76.7 Å². The zero-order valence-electron chi connectivity index (χ0n) is 28.3. The Morgan fingerprint density at radius 2 is 1.84 bits per heavy atom. The Balaban J connectivity index is 1.88. The number of fused-ring (bicyclic) bond motifs is 1. The molecule has 1 unspecified atom stereocenters. The Morgan fingerprint density at radius 3 is 2.51 bits per heavy atom. The zero-order chi connectivity index (χ0) is 33.1. The molecule has 0 spiro atoms. The molecule has 2 N–H and O–H groups in total. The first-order valence-electron chi connectivity index (χ1n) is 15.9. The van der Waals surface area contributed by atoms with Crippen LogP contribution in [0.4, 0.5) is 10.5 Å². The Kier molecular flexibility index (Phi) is 13.4. The highest BCUT2D eigenvalue weighted by Gasteiger charge is 2.32. The Labute approximate surface area is 269 Å². The van der Waals surface area contributed by atoms with Crippen LogP contribution >= 0.6 is 0 Å². The van der Waals surface area contributed by atoms with Gasteiger partial charge in [0.15, 0.2) is 0 Å². The first-order valence-corrected chi connectivity index (χ1v) is 15.9. The third-order valence-corrected chi connectivity index (χ3v) is 7.76. The number of nitrogens with zero attached hydrogens (tertiary/aromatic N) is 2. The minimum atomic E-state index is -0.612. The maximum Gasteiger partial charge on any atom is 0.410 e. The molecule has 250 valence electrons. The fourth-order valence-electron chi connectivity index (χ4n) is 5.15. The zero-order valence-corrected chi connectivity index (χ0v) is 28.3. The Bertz CT molecular complexity index is 1230. The number of rotatable bonds is 8. The van der Waals surface area contributed by atoms with Crippen molar-refractivity contribution in [3.8, 4) is 11.5 Å². The van der Waals surface area contributed by atoms with Crippen molar-refractivity contribution in [1.82, 2.24) is 9.80 Å². The van der Waals surface area contributed by atoms with Crippen LogP contribution in [0.25, 0.3) is 0 Å². The minimum absolute atomic E-state index is 0.102. The predicted molar refractivity (Wildman–Crippen MR) is 176 cm³/mol. The molecule has 0 aromatic heterocycles. The van der Waals surface area contributed by atoms with Gasteiger partial charge in [-0.2, -0.15) is 0 Å². The molecule has 0 fully saturated rings. The second kappa shape index (κ2) is 16.7. The van der Waals surface area contributed by atoms with Gasteiger partial charge in [-0.15, -0.1) is 0 Å². The number of nitrogens with two attached hydrogens (primary N) is 1. The third kappa shape index (κ3) is 11.4. The smallest absolute Gasteiger partial charge is 0.410 e. The van der Waals surface area contributed by atoms with Crippen LogP contribution in [0, 0.1) is 5.92 Å². The molecule has 1 aliphatic rings. The molecule has 0 saturated carbocycles. The molecule has 0 bridgehead atoms. The van der Waals surface area contributed by atoms with Gasteiger partial charge in [-0.3, -0.25) is 4.79 Å². The van der Waals surface area contributed by atoms with Gasteiger partial charge >= 0.3 is 6.09 Å². The second-order valence-electron chi connectivity index (χ2n) is 13.1. The highest BCUT2D eigenvalue weighted by molar-refractivity contribution is 5.98. The van der Waals surface area contributed by atoms with E-state index in [0.29, 0.717) is 49.9 Å². The molecule has 10 heteroatoms. The van der Waals surface area contributed by atoms with E-state index < -0.39 is 11.7 Å². The lowest BCUT2D eigenvalue weighted by atomic mass is 10.0. The number of ether oxygens (including phenoxy) is 5. The van der Waals surface area contributed by atoms with Crippen molar-refractivity contribution in [1.29, 1.82) is 0 Å². The van der Waals surface area contributed by atoms with Crippen LogP contribution in [-0.4, -0.2) is 86.1 Å². The first-order chi connectivity index (χ1) is 21.3. The SMILES string of the molecule is COc1ccc(COC[C@H](C)N2C[C@@H](C)[C@H](CN(C)C(=O)OC(C)(C)C)OCCCCC(C)Oc3ccc(N)cc3C2=O)cc1. The van der Waals surface area contributed by atoms with Crippen molar-refractivity contribution < 1.29 is 33.3 Å². The van der Waals surface area contributed by atoms with Gasteiger partial charge in [0, 0.05) is 31.8 Å². The summed E-state index contributed by atoms with van der Waals surface area (Å²) in [6.07, 6.45) is 1.70. The lowest BCUT2D eigenvalue weighted by molar-refractivity contribution is -0.0270. The average Bonchev–Trinajstić information content (AvgIpc) is 2.98. The standard InChI is InChI=1S/C35H53N3O7/c1-24-20-38(25(2)22-42-23-27-12-15-29(41-8)16-13-27)33(39)30-19-28(36)14-17-31(30)44-26(3)11-9-10-18-43-32(24)21-37(7)34(40)45-35(4,5)6/h12-17,19,24-26,32H,9-11,18,20-23,36H2,1-8H3/t24-,25+,26?,32+/m1/s1. The van der Waals surface area contributed by atoms with Crippen molar-refractivity contribution in [2.45, 2.75) is 91.3 Å². The quantitative estimate of drug-likeness (QED) is 0.346. The number of benzene rings is 2. The summed E-state index contributed by atoms with van der Waals surface area (Å²) in [7, 11) is 3.35.